The first-order valence-corrected chi connectivity index (χ1v) is 4.32. The summed E-state index contributed by atoms with van der Waals surface area (Å²) >= 11 is 4.92. The Morgan fingerprint density at radius 1 is 1.77 bits per heavy atom. The van der Waals surface area contributed by atoms with Crippen molar-refractivity contribution in [1.82, 2.24) is 19.7 Å². The lowest BCUT2D eigenvalue weighted by Gasteiger charge is -2.09. The first-order valence-electron chi connectivity index (χ1n) is 3.91. The summed E-state index contributed by atoms with van der Waals surface area (Å²) in [4.78, 5) is 12.8. The first kappa shape index (κ1) is 9.91. The molecule has 1 aromatic rings. The summed E-state index contributed by atoms with van der Waals surface area (Å²) in [6, 6.07) is 0. The number of nitrogens with zero attached hydrogens (tertiary/aromatic N) is 3. The highest BCUT2D eigenvalue weighted by molar-refractivity contribution is 7.71. The lowest BCUT2D eigenvalue weighted by atomic mass is 10.4. The third-order valence-electron chi connectivity index (χ3n) is 1.68. The zero-order valence-electron chi connectivity index (χ0n) is 7.65. The van der Waals surface area contributed by atoms with E-state index in [0.29, 0.717) is 17.7 Å². The molecule has 1 aromatic heterocycles. The van der Waals surface area contributed by atoms with Crippen molar-refractivity contribution < 1.29 is 4.79 Å². The zero-order chi connectivity index (χ0) is 9.84. The highest BCUT2D eigenvalue weighted by Crippen LogP contribution is 1.94. The van der Waals surface area contributed by atoms with Crippen LogP contribution in [0.15, 0.2) is 6.33 Å². The van der Waals surface area contributed by atoms with Gasteiger partial charge in [-0.15, -0.1) is 0 Å². The highest BCUT2D eigenvalue weighted by atomic mass is 32.1. The van der Waals surface area contributed by atoms with Crippen LogP contribution >= 0.6 is 12.2 Å². The van der Waals surface area contributed by atoms with Crippen LogP contribution in [0.2, 0.25) is 0 Å². The number of rotatable bonds is 3. The first-order chi connectivity index (χ1) is 6.11. The largest absolute Gasteiger partial charge is 0.349 e. The van der Waals surface area contributed by atoms with Gasteiger partial charge in [0, 0.05) is 27.1 Å². The fourth-order valence-electron chi connectivity index (χ4n) is 0.869. The minimum atomic E-state index is 0.0862. The Morgan fingerprint density at radius 3 is 2.92 bits per heavy atom. The van der Waals surface area contributed by atoms with Gasteiger partial charge in [-0.25, -0.2) is 0 Å². The van der Waals surface area contributed by atoms with Crippen LogP contribution in [0.5, 0.6) is 0 Å². The molecule has 5 nitrogen and oxygen atoms in total. The Bertz CT molecular complexity index is 340. The molecule has 0 saturated carbocycles. The molecule has 1 heterocycles. The van der Waals surface area contributed by atoms with Crippen molar-refractivity contribution >= 4 is 18.1 Å². The number of nitrogens with one attached hydrogen (secondary N) is 1. The molecule has 0 aliphatic carbocycles. The van der Waals surface area contributed by atoms with E-state index in [1.54, 1.807) is 29.9 Å². The second kappa shape index (κ2) is 4.18. The number of aromatic amines is 1. The predicted molar refractivity (Wildman–Crippen MR) is 50.7 cm³/mol. The minimum absolute atomic E-state index is 0.0862. The molecule has 13 heavy (non-hydrogen) atoms. The molecule has 0 atom stereocenters. The molecule has 72 valence electrons. The fraction of sp³-hybridized carbons (Fsp3) is 0.571. The summed E-state index contributed by atoms with van der Waals surface area (Å²) in [5, 5.41) is 6.38. The summed E-state index contributed by atoms with van der Waals surface area (Å²) in [7, 11) is 3.47. The Labute approximate surface area is 81.4 Å². The molecule has 0 aromatic carbocycles. The van der Waals surface area contributed by atoms with Crippen LogP contribution in [-0.4, -0.2) is 39.7 Å². The molecule has 0 aliphatic rings. The Hall–Kier alpha value is -1.17. The Balaban J connectivity index is 2.49. The number of carbonyl (C=O) groups is 1. The third kappa shape index (κ3) is 2.66. The van der Waals surface area contributed by atoms with E-state index in [9.17, 15) is 4.79 Å². The minimum Gasteiger partial charge on any atom is -0.349 e. The van der Waals surface area contributed by atoms with Crippen LogP contribution < -0.4 is 0 Å². The Kier molecular flexibility index (Phi) is 3.18. The smallest absolute Gasteiger partial charge is 0.223 e. The lowest BCUT2D eigenvalue weighted by molar-refractivity contribution is -0.128. The molecule has 0 spiro atoms. The summed E-state index contributed by atoms with van der Waals surface area (Å²) in [5.74, 6) is 0.0862. The molecule has 0 bridgehead atoms. The van der Waals surface area contributed by atoms with Crippen LogP contribution in [0, 0.1) is 4.77 Å². The maximum Gasteiger partial charge on any atom is 0.223 e. The number of aryl methyl sites for hydroxylation is 1. The van der Waals surface area contributed by atoms with Gasteiger partial charge in [0.1, 0.15) is 6.33 Å². The average molecular weight is 200 g/mol. The van der Waals surface area contributed by atoms with Crippen molar-refractivity contribution in [2.45, 2.75) is 13.0 Å². The second-order valence-corrected chi connectivity index (χ2v) is 3.28. The van der Waals surface area contributed by atoms with E-state index in [2.05, 4.69) is 10.2 Å². The number of amides is 1. The van der Waals surface area contributed by atoms with Gasteiger partial charge in [-0.1, -0.05) is 0 Å². The summed E-state index contributed by atoms with van der Waals surface area (Å²) in [6.45, 7) is 0.576. The van der Waals surface area contributed by atoms with Gasteiger partial charge in [-0.3, -0.25) is 9.89 Å². The Morgan fingerprint density at radius 2 is 2.46 bits per heavy atom. The fourth-order valence-corrected chi connectivity index (χ4v) is 1.06. The van der Waals surface area contributed by atoms with Crippen LogP contribution in [-0.2, 0) is 11.3 Å². The van der Waals surface area contributed by atoms with Gasteiger partial charge < -0.3 is 9.47 Å². The molecule has 0 fully saturated rings. The zero-order valence-corrected chi connectivity index (χ0v) is 8.47. The topological polar surface area (TPSA) is 53.9 Å². The van der Waals surface area contributed by atoms with Crippen LogP contribution in [0.25, 0.3) is 0 Å². The van der Waals surface area contributed by atoms with Crippen molar-refractivity contribution in [2.75, 3.05) is 14.1 Å². The van der Waals surface area contributed by atoms with Crippen LogP contribution in [0.3, 0.4) is 0 Å². The normalized spacial score (nSPS) is 10.0. The molecule has 1 N–H and O–H groups in total. The molecular formula is C7H12N4OS. The number of carbonyl (C=O) groups excluding carboxylic acids is 1. The highest BCUT2D eigenvalue weighted by Gasteiger charge is 2.03. The van der Waals surface area contributed by atoms with E-state index in [4.69, 9.17) is 12.2 Å². The van der Waals surface area contributed by atoms with E-state index in [-0.39, 0.29) is 5.91 Å². The van der Waals surface area contributed by atoms with Gasteiger partial charge >= 0.3 is 0 Å². The van der Waals surface area contributed by atoms with Crippen LogP contribution in [0.1, 0.15) is 6.42 Å². The van der Waals surface area contributed by atoms with Gasteiger partial charge in [-0.05, 0) is 12.2 Å². The maximum absolute atomic E-state index is 11.2. The van der Waals surface area contributed by atoms with E-state index >= 15 is 0 Å². The van der Waals surface area contributed by atoms with Gasteiger partial charge in [0.15, 0.2) is 4.77 Å². The SMILES string of the molecule is CN(C)C(=O)CCn1cn[nH]c1=S. The van der Waals surface area contributed by atoms with Crippen molar-refractivity contribution in [3.63, 3.8) is 0 Å². The van der Waals surface area contributed by atoms with Gasteiger partial charge in [-0.2, -0.15) is 5.10 Å². The predicted octanol–water partition coefficient (Wildman–Crippen LogP) is 0.419. The number of hydrogen-bond acceptors (Lipinski definition) is 3. The van der Waals surface area contributed by atoms with Crippen molar-refractivity contribution in [3.05, 3.63) is 11.1 Å². The number of aromatic nitrogens is 3. The number of hydrogen-bond donors (Lipinski definition) is 1. The monoisotopic (exact) mass is 200 g/mol. The van der Waals surface area contributed by atoms with E-state index in [1.165, 1.54) is 0 Å². The molecule has 0 aliphatic heterocycles. The van der Waals surface area contributed by atoms with Crippen molar-refractivity contribution in [1.29, 1.82) is 0 Å². The molecule has 0 saturated heterocycles. The van der Waals surface area contributed by atoms with E-state index < -0.39 is 0 Å². The van der Waals surface area contributed by atoms with E-state index in [0.717, 1.165) is 0 Å². The third-order valence-corrected chi connectivity index (χ3v) is 2.01. The molecule has 0 unspecified atom stereocenters. The molecule has 1 amide bonds. The molecule has 1 rings (SSSR count). The summed E-state index contributed by atoms with van der Waals surface area (Å²) in [6.07, 6.45) is 2.03. The van der Waals surface area contributed by atoms with Crippen molar-refractivity contribution in [2.24, 2.45) is 0 Å². The van der Waals surface area contributed by atoms with Gasteiger partial charge in [0.25, 0.3) is 0 Å². The van der Waals surface area contributed by atoms with Crippen molar-refractivity contribution in [3.8, 4) is 0 Å². The molecular weight excluding hydrogens is 188 g/mol. The number of H-pyrrole nitrogens is 1. The molecule has 0 radical (unpaired) electrons. The quantitative estimate of drug-likeness (QED) is 0.719. The standard InChI is InChI=1S/C7H12N4OS/c1-10(2)6(12)3-4-11-5-8-9-7(11)13/h5H,3-4H2,1-2H3,(H,9,13). The van der Waals surface area contributed by atoms with Gasteiger partial charge in [0.05, 0.1) is 0 Å². The maximum atomic E-state index is 11.2. The van der Waals surface area contributed by atoms with Gasteiger partial charge in [0.2, 0.25) is 5.91 Å². The van der Waals surface area contributed by atoms with E-state index in [1.807, 2.05) is 0 Å². The lowest BCUT2D eigenvalue weighted by Crippen LogP contribution is -2.22. The van der Waals surface area contributed by atoms with Crippen LogP contribution in [0.4, 0.5) is 0 Å². The summed E-state index contributed by atoms with van der Waals surface area (Å²) in [5.41, 5.74) is 0. The average Bonchev–Trinajstić information content (AvgIpc) is 2.47. The summed E-state index contributed by atoms with van der Waals surface area (Å²) < 4.78 is 2.28. The second-order valence-electron chi connectivity index (χ2n) is 2.89. The molecule has 6 heteroatoms.